The van der Waals surface area contributed by atoms with Crippen LogP contribution in [0.1, 0.15) is 24.5 Å². The van der Waals surface area contributed by atoms with Crippen molar-refractivity contribution in [2.75, 3.05) is 6.54 Å². The molecule has 0 amide bonds. The van der Waals surface area contributed by atoms with Gasteiger partial charge >= 0.3 is 0 Å². The Kier molecular flexibility index (Phi) is 2.35. The monoisotopic (exact) mass is 173 g/mol. The fourth-order valence-corrected chi connectivity index (χ4v) is 1.79. The third-order valence-electron chi connectivity index (χ3n) is 2.50. The standard InChI is InChI=1S/C12H15N/c1-2-10-6-3-4-7-11(10)12-8-5-9-13-12/h3-4,6-8,13H,2,5,9H2,1H3. The molecule has 1 aliphatic rings. The van der Waals surface area contributed by atoms with Gasteiger partial charge < -0.3 is 5.32 Å². The molecule has 1 aromatic carbocycles. The molecule has 1 heterocycles. The van der Waals surface area contributed by atoms with E-state index in [2.05, 4.69) is 42.6 Å². The quantitative estimate of drug-likeness (QED) is 0.724. The second-order valence-electron chi connectivity index (χ2n) is 3.34. The summed E-state index contributed by atoms with van der Waals surface area (Å²) < 4.78 is 0. The molecule has 0 aliphatic carbocycles. The van der Waals surface area contributed by atoms with E-state index in [1.54, 1.807) is 0 Å². The predicted octanol–water partition coefficient (Wildman–Crippen LogP) is 2.58. The maximum absolute atomic E-state index is 3.41. The molecule has 0 aromatic heterocycles. The predicted molar refractivity (Wildman–Crippen MR) is 56.4 cm³/mol. The third kappa shape index (κ3) is 1.59. The minimum atomic E-state index is 1.09. The van der Waals surface area contributed by atoms with Crippen LogP contribution in [0, 0.1) is 0 Å². The van der Waals surface area contributed by atoms with Crippen molar-refractivity contribution in [1.82, 2.24) is 5.32 Å². The molecule has 0 atom stereocenters. The van der Waals surface area contributed by atoms with Gasteiger partial charge in [-0.2, -0.15) is 0 Å². The van der Waals surface area contributed by atoms with Gasteiger partial charge in [0.15, 0.2) is 0 Å². The molecule has 2 rings (SSSR count). The van der Waals surface area contributed by atoms with E-state index in [4.69, 9.17) is 0 Å². The van der Waals surface area contributed by atoms with Crippen molar-refractivity contribution < 1.29 is 0 Å². The summed E-state index contributed by atoms with van der Waals surface area (Å²) in [5.74, 6) is 0. The fraction of sp³-hybridized carbons (Fsp3) is 0.333. The van der Waals surface area contributed by atoms with Crippen LogP contribution in [0.25, 0.3) is 5.70 Å². The van der Waals surface area contributed by atoms with Gasteiger partial charge in [0, 0.05) is 17.8 Å². The molecule has 0 radical (unpaired) electrons. The molecular formula is C12H15N. The van der Waals surface area contributed by atoms with Crippen LogP contribution in [0.2, 0.25) is 0 Å². The number of hydrogen-bond acceptors (Lipinski definition) is 1. The normalized spacial score (nSPS) is 15.3. The molecule has 1 nitrogen and oxygen atoms in total. The van der Waals surface area contributed by atoms with Gasteiger partial charge in [-0.1, -0.05) is 37.3 Å². The molecule has 0 bridgehead atoms. The number of nitrogens with one attached hydrogen (secondary N) is 1. The van der Waals surface area contributed by atoms with Crippen LogP contribution in [0.5, 0.6) is 0 Å². The molecule has 1 aromatic rings. The Bertz CT molecular complexity index is 326. The second kappa shape index (κ2) is 3.65. The van der Waals surface area contributed by atoms with Crippen LogP contribution < -0.4 is 5.32 Å². The van der Waals surface area contributed by atoms with Crippen molar-refractivity contribution in [2.24, 2.45) is 0 Å². The van der Waals surface area contributed by atoms with Gasteiger partial charge in [0.2, 0.25) is 0 Å². The smallest absolute Gasteiger partial charge is 0.0376 e. The largest absolute Gasteiger partial charge is 0.384 e. The van der Waals surface area contributed by atoms with Gasteiger partial charge in [-0.25, -0.2) is 0 Å². The van der Waals surface area contributed by atoms with E-state index in [0.29, 0.717) is 0 Å². The zero-order chi connectivity index (χ0) is 9.10. The molecular weight excluding hydrogens is 158 g/mol. The fourth-order valence-electron chi connectivity index (χ4n) is 1.79. The third-order valence-corrected chi connectivity index (χ3v) is 2.50. The zero-order valence-corrected chi connectivity index (χ0v) is 8.01. The Morgan fingerprint density at radius 2 is 2.15 bits per heavy atom. The number of benzene rings is 1. The van der Waals surface area contributed by atoms with Crippen LogP contribution >= 0.6 is 0 Å². The number of rotatable bonds is 2. The summed E-state index contributed by atoms with van der Waals surface area (Å²) in [7, 11) is 0. The second-order valence-corrected chi connectivity index (χ2v) is 3.34. The molecule has 13 heavy (non-hydrogen) atoms. The highest BCUT2D eigenvalue weighted by molar-refractivity contribution is 5.68. The van der Waals surface area contributed by atoms with Crippen molar-refractivity contribution in [3.05, 3.63) is 41.5 Å². The van der Waals surface area contributed by atoms with E-state index in [9.17, 15) is 0 Å². The minimum Gasteiger partial charge on any atom is -0.384 e. The number of aryl methyl sites for hydroxylation is 1. The Morgan fingerprint density at radius 1 is 1.31 bits per heavy atom. The lowest BCUT2D eigenvalue weighted by Gasteiger charge is -2.09. The lowest BCUT2D eigenvalue weighted by Crippen LogP contribution is -2.07. The van der Waals surface area contributed by atoms with Crippen molar-refractivity contribution in [2.45, 2.75) is 19.8 Å². The van der Waals surface area contributed by atoms with Gasteiger partial charge in [-0.15, -0.1) is 0 Å². The molecule has 0 fully saturated rings. The number of hydrogen-bond donors (Lipinski definition) is 1. The van der Waals surface area contributed by atoms with E-state index in [-0.39, 0.29) is 0 Å². The SMILES string of the molecule is CCc1ccccc1C1=CCCN1. The first-order valence-corrected chi connectivity index (χ1v) is 4.94. The average molecular weight is 173 g/mol. The zero-order valence-electron chi connectivity index (χ0n) is 8.01. The topological polar surface area (TPSA) is 12.0 Å². The van der Waals surface area contributed by atoms with Gasteiger partial charge in [0.25, 0.3) is 0 Å². The summed E-state index contributed by atoms with van der Waals surface area (Å²) in [6.45, 7) is 3.29. The highest BCUT2D eigenvalue weighted by atomic mass is 14.9. The van der Waals surface area contributed by atoms with E-state index >= 15 is 0 Å². The van der Waals surface area contributed by atoms with Crippen molar-refractivity contribution >= 4 is 5.70 Å². The highest BCUT2D eigenvalue weighted by Gasteiger charge is 2.08. The summed E-state index contributed by atoms with van der Waals surface area (Å²) in [6, 6.07) is 8.62. The molecule has 68 valence electrons. The Hall–Kier alpha value is -1.24. The Morgan fingerprint density at radius 3 is 2.85 bits per heavy atom. The summed E-state index contributed by atoms with van der Waals surface area (Å²) in [4.78, 5) is 0. The molecule has 1 N–H and O–H groups in total. The Balaban J connectivity index is 2.38. The minimum absolute atomic E-state index is 1.09. The molecule has 0 unspecified atom stereocenters. The highest BCUT2D eigenvalue weighted by Crippen LogP contribution is 2.20. The van der Waals surface area contributed by atoms with Crippen molar-refractivity contribution in [3.8, 4) is 0 Å². The first-order chi connectivity index (χ1) is 6.42. The maximum Gasteiger partial charge on any atom is 0.0376 e. The summed E-state index contributed by atoms with van der Waals surface area (Å²) in [6.07, 6.45) is 4.55. The molecule has 0 saturated carbocycles. The summed E-state index contributed by atoms with van der Waals surface area (Å²) in [5, 5.41) is 3.41. The summed E-state index contributed by atoms with van der Waals surface area (Å²) in [5.41, 5.74) is 4.13. The van der Waals surface area contributed by atoms with Gasteiger partial charge in [-0.05, 0) is 18.4 Å². The van der Waals surface area contributed by atoms with Gasteiger partial charge in [0.1, 0.15) is 0 Å². The first-order valence-electron chi connectivity index (χ1n) is 4.94. The van der Waals surface area contributed by atoms with Crippen LogP contribution in [0.15, 0.2) is 30.3 Å². The lowest BCUT2D eigenvalue weighted by atomic mass is 10.0. The molecule has 1 heteroatoms. The maximum atomic E-state index is 3.41. The first kappa shape index (κ1) is 8.36. The van der Waals surface area contributed by atoms with Crippen LogP contribution in [-0.4, -0.2) is 6.54 Å². The van der Waals surface area contributed by atoms with E-state index < -0.39 is 0 Å². The van der Waals surface area contributed by atoms with Crippen LogP contribution in [0.4, 0.5) is 0 Å². The summed E-state index contributed by atoms with van der Waals surface area (Å²) >= 11 is 0. The van der Waals surface area contributed by atoms with E-state index in [0.717, 1.165) is 19.4 Å². The average Bonchev–Trinajstić information content (AvgIpc) is 2.70. The van der Waals surface area contributed by atoms with Gasteiger partial charge in [0.05, 0.1) is 0 Å². The van der Waals surface area contributed by atoms with E-state index in [1.165, 1.54) is 16.8 Å². The Labute approximate surface area is 79.5 Å². The van der Waals surface area contributed by atoms with E-state index in [1.807, 2.05) is 0 Å². The van der Waals surface area contributed by atoms with Crippen molar-refractivity contribution in [3.63, 3.8) is 0 Å². The van der Waals surface area contributed by atoms with Crippen molar-refractivity contribution in [1.29, 1.82) is 0 Å². The molecule has 0 spiro atoms. The van der Waals surface area contributed by atoms with Gasteiger partial charge in [-0.3, -0.25) is 0 Å². The van der Waals surface area contributed by atoms with Crippen LogP contribution in [0.3, 0.4) is 0 Å². The molecule has 1 aliphatic heterocycles. The molecule has 0 saturated heterocycles. The van der Waals surface area contributed by atoms with Crippen LogP contribution in [-0.2, 0) is 6.42 Å². The lowest BCUT2D eigenvalue weighted by molar-refractivity contribution is 0.925.